The van der Waals surface area contributed by atoms with Crippen molar-refractivity contribution in [2.45, 2.75) is 25.7 Å². The molecule has 0 unspecified atom stereocenters. The maximum Gasteiger partial charge on any atom is 0.263 e. The lowest BCUT2D eigenvalue weighted by Crippen LogP contribution is -2.14. The topological polar surface area (TPSA) is 87.7 Å². The molecular formula is C15H16N4O2S2. The largest absolute Gasteiger partial charge is 0.280 e. The number of nitrogens with one attached hydrogen (secondary N) is 2. The van der Waals surface area contributed by atoms with Gasteiger partial charge in [-0.25, -0.2) is 13.4 Å². The van der Waals surface area contributed by atoms with E-state index < -0.39 is 10.0 Å². The van der Waals surface area contributed by atoms with Crippen LogP contribution in [0.5, 0.6) is 0 Å². The third kappa shape index (κ3) is 3.13. The minimum atomic E-state index is -3.70. The van der Waals surface area contributed by atoms with Crippen LogP contribution in [0.3, 0.4) is 0 Å². The third-order valence-corrected chi connectivity index (χ3v) is 5.84. The number of thiazole rings is 1. The molecule has 120 valence electrons. The van der Waals surface area contributed by atoms with Gasteiger partial charge in [0.25, 0.3) is 10.0 Å². The number of hydrogen-bond donors (Lipinski definition) is 2. The van der Waals surface area contributed by atoms with E-state index >= 15 is 0 Å². The first-order chi connectivity index (χ1) is 10.9. The Morgan fingerprint density at radius 3 is 2.61 bits per heavy atom. The van der Waals surface area contributed by atoms with Crippen molar-refractivity contribution in [1.29, 1.82) is 0 Å². The highest BCUT2D eigenvalue weighted by atomic mass is 32.2. The number of aromatic amines is 1. The molecule has 0 atom stereocenters. The van der Waals surface area contributed by atoms with Crippen LogP contribution < -0.4 is 4.72 Å². The molecule has 8 heteroatoms. The first-order valence-corrected chi connectivity index (χ1v) is 9.30. The minimum absolute atomic E-state index is 0.183. The number of anilines is 1. The Kier molecular flexibility index (Phi) is 3.95. The highest BCUT2D eigenvalue weighted by Crippen LogP contribution is 2.27. The molecule has 0 fully saturated rings. The number of rotatable bonds is 4. The van der Waals surface area contributed by atoms with Gasteiger partial charge in [0, 0.05) is 27.9 Å². The fraction of sp³-hybridized carbons (Fsp3) is 0.200. The van der Waals surface area contributed by atoms with Crippen LogP contribution in [0.25, 0.3) is 10.6 Å². The third-order valence-electron chi connectivity index (χ3n) is 3.49. The Hall–Kier alpha value is -2.19. The van der Waals surface area contributed by atoms with E-state index in [0.29, 0.717) is 5.82 Å². The van der Waals surface area contributed by atoms with E-state index in [9.17, 15) is 8.42 Å². The van der Waals surface area contributed by atoms with Gasteiger partial charge in [0.15, 0.2) is 5.82 Å². The summed E-state index contributed by atoms with van der Waals surface area (Å²) in [6.07, 6.45) is 0. The van der Waals surface area contributed by atoms with Crippen LogP contribution in [-0.4, -0.2) is 23.6 Å². The van der Waals surface area contributed by atoms with Gasteiger partial charge in [0.1, 0.15) is 5.01 Å². The molecule has 2 N–H and O–H groups in total. The summed E-state index contributed by atoms with van der Waals surface area (Å²) >= 11 is 1.49. The number of aromatic nitrogens is 3. The zero-order chi connectivity index (χ0) is 16.6. The second kappa shape index (κ2) is 5.78. The van der Waals surface area contributed by atoms with Crippen LogP contribution in [0.4, 0.5) is 5.82 Å². The van der Waals surface area contributed by atoms with Gasteiger partial charge in [-0.1, -0.05) is 12.1 Å². The number of nitrogens with zero attached hydrogens (tertiary/aromatic N) is 2. The number of sulfonamides is 1. The smallest absolute Gasteiger partial charge is 0.263 e. The SMILES string of the molecule is Cc1csc(-c2cccc(S(=O)(=O)Nc3n[nH]c(C)c3C)c2)n1. The van der Waals surface area contributed by atoms with Crippen LogP contribution in [0.15, 0.2) is 34.5 Å². The lowest BCUT2D eigenvalue weighted by atomic mass is 10.2. The molecule has 0 aliphatic carbocycles. The van der Waals surface area contributed by atoms with Gasteiger partial charge in [-0.2, -0.15) is 5.10 Å². The first kappa shape index (κ1) is 15.7. The average molecular weight is 348 g/mol. The number of H-pyrrole nitrogens is 1. The van der Waals surface area contributed by atoms with Gasteiger partial charge in [0.2, 0.25) is 0 Å². The van der Waals surface area contributed by atoms with Gasteiger partial charge in [0.05, 0.1) is 4.90 Å². The molecule has 2 heterocycles. The Morgan fingerprint density at radius 1 is 1.22 bits per heavy atom. The maximum absolute atomic E-state index is 12.6. The van der Waals surface area contributed by atoms with Crippen LogP contribution >= 0.6 is 11.3 Å². The summed E-state index contributed by atoms with van der Waals surface area (Å²) in [7, 11) is -3.70. The van der Waals surface area contributed by atoms with Crippen LogP contribution in [-0.2, 0) is 10.0 Å². The Bertz CT molecular complexity index is 958. The van der Waals surface area contributed by atoms with Crippen molar-refractivity contribution in [3.8, 4) is 10.6 Å². The second-order valence-corrected chi connectivity index (χ2v) is 7.79. The average Bonchev–Trinajstić information content (AvgIpc) is 3.08. The van der Waals surface area contributed by atoms with Crippen LogP contribution in [0.2, 0.25) is 0 Å². The lowest BCUT2D eigenvalue weighted by molar-refractivity contribution is 0.601. The van der Waals surface area contributed by atoms with Crippen molar-refractivity contribution < 1.29 is 8.42 Å². The number of hydrogen-bond acceptors (Lipinski definition) is 5. The first-order valence-electron chi connectivity index (χ1n) is 6.94. The molecule has 6 nitrogen and oxygen atoms in total. The second-order valence-electron chi connectivity index (χ2n) is 5.25. The molecule has 0 saturated heterocycles. The van der Waals surface area contributed by atoms with E-state index in [1.54, 1.807) is 18.2 Å². The molecule has 0 spiro atoms. The fourth-order valence-electron chi connectivity index (χ4n) is 2.05. The molecule has 0 bridgehead atoms. The van der Waals surface area contributed by atoms with Gasteiger partial charge in [-0.15, -0.1) is 11.3 Å². The Balaban J connectivity index is 1.96. The summed E-state index contributed by atoms with van der Waals surface area (Å²) in [5.74, 6) is 0.318. The summed E-state index contributed by atoms with van der Waals surface area (Å²) in [6.45, 7) is 5.56. The van der Waals surface area contributed by atoms with Crippen molar-refractivity contribution in [3.63, 3.8) is 0 Å². The summed E-state index contributed by atoms with van der Waals surface area (Å²) in [5.41, 5.74) is 3.30. The monoisotopic (exact) mass is 348 g/mol. The number of benzene rings is 1. The van der Waals surface area contributed by atoms with Crippen molar-refractivity contribution in [2.24, 2.45) is 0 Å². The van der Waals surface area contributed by atoms with E-state index in [1.165, 1.54) is 11.3 Å². The molecule has 0 aliphatic heterocycles. The zero-order valence-electron chi connectivity index (χ0n) is 12.9. The minimum Gasteiger partial charge on any atom is -0.280 e. The predicted molar refractivity (Wildman–Crippen MR) is 91.2 cm³/mol. The quantitative estimate of drug-likeness (QED) is 0.757. The Morgan fingerprint density at radius 2 is 2.00 bits per heavy atom. The van der Waals surface area contributed by atoms with E-state index in [0.717, 1.165) is 27.5 Å². The van der Waals surface area contributed by atoms with E-state index in [-0.39, 0.29) is 4.90 Å². The molecule has 1 aromatic carbocycles. The predicted octanol–water partition coefficient (Wildman–Crippen LogP) is 3.26. The van der Waals surface area contributed by atoms with Crippen molar-refractivity contribution in [3.05, 3.63) is 46.6 Å². The molecular weight excluding hydrogens is 332 g/mol. The van der Waals surface area contributed by atoms with Crippen molar-refractivity contribution in [2.75, 3.05) is 4.72 Å². The molecule has 3 aromatic rings. The molecule has 0 radical (unpaired) electrons. The maximum atomic E-state index is 12.6. The summed E-state index contributed by atoms with van der Waals surface area (Å²) < 4.78 is 27.7. The van der Waals surface area contributed by atoms with E-state index in [4.69, 9.17) is 0 Å². The molecule has 3 rings (SSSR count). The fourth-order valence-corrected chi connectivity index (χ4v) is 3.96. The van der Waals surface area contributed by atoms with Crippen molar-refractivity contribution in [1.82, 2.24) is 15.2 Å². The Labute approximate surface area is 138 Å². The van der Waals surface area contributed by atoms with E-state index in [1.807, 2.05) is 32.2 Å². The highest BCUT2D eigenvalue weighted by Gasteiger charge is 2.18. The normalized spacial score (nSPS) is 11.6. The van der Waals surface area contributed by atoms with Crippen LogP contribution in [0.1, 0.15) is 17.0 Å². The van der Waals surface area contributed by atoms with Gasteiger partial charge in [-0.3, -0.25) is 9.82 Å². The zero-order valence-corrected chi connectivity index (χ0v) is 14.5. The standard InChI is InChI=1S/C15H16N4O2S2/c1-9-8-22-15(16-9)12-5-4-6-13(7-12)23(20,21)19-14-10(2)11(3)17-18-14/h4-8H,1-3H3,(H2,17,18,19). The lowest BCUT2D eigenvalue weighted by Gasteiger charge is -2.07. The summed E-state index contributed by atoms with van der Waals surface area (Å²) in [5, 5.41) is 9.48. The number of aryl methyl sites for hydroxylation is 2. The van der Waals surface area contributed by atoms with Crippen molar-refractivity contribution >= 4 is 27.2 Å². The summed E-state index contributed by atoms with van der Waals surface area (Å²) in [6, 6.07) is 6.74. The highest BCUT2D eigenvalue weighted by molar-refractivity contribution is 7.92. The van der Waals surface area contributed by atoms with Crippen LogP contribution in [0, 0.1) is 20.8 Å². The van der Waals surface area contributed by atoms with Gasteiger partial charge < -0.3 is 0 Å². The molecule has 0 saturated carbocycles. The van der Waals surface area contributed by atoms with E-state index in [2.05, 4.69) is 19.9 Å². The van der Waals surface area contributed by atoms with Gasteiger partial charge in [-0.05, 0) is 32.9 Å². The summed E-state index contributed by atoms with van der Waals surface area (Å²) in [4.78, 5) is 4.57. The molecule has 0 amide bonds. The molecule has 2 aromatic heterocycles. The molecule has 23 heavy (non-hydrogen) atoms. The molecule has 0 aliphatic rings. The van der Waals surface area contributed by atoms with Gasteiger partial charge >= 0.3 is 0 Å².